The Kier molecular flexibility index (Phi) is 5.13. The molecule has 1 rings (SSSR count). The molecule has 0 saturated heterocycles. The van der Waals surface area contributed by atoms with Crippen molar-refractivity contribution in [3.63, 3.8) is 0 Å². The van der Waals surface area contributed by atoms with E-state index in [-0.39, 0.29) is 18.9 Å². The summed E-state index contributed by atoms with van der Waals surface area (Å²) < 4.78 is 29.6. The predicted molar refractivity (Wildman–Crippen MR) is 72.0 cm³/mol. The highest BCUT2D eigenvalue weighted by molar-refractivity contribution is 7.89. The van der Waals surface area contributed by atoms with Gasteiger partial charge in [0.15, 0.2) is 0 Å². The van der Waals surface area contributed by atoms with Crippen LogP contribution in [-0.2, 0) is 14.8 Å². The number of carbonyl (C=O) groups is 1. The van der Waals surface area contributed by atoms with Crippen LogP contribution in [0.25, 0.3) is 0 Å². The first-order chi connectivity index (χ1) is 8.81. The molecule has 0 aromatic heterocycles. The number of carbonyl (C=O) groups excluding carboxylic acids is 1. The summed E-state index contributed by atoms with van der Waals surface area (Å²) in [6.45, 7) is -0.362. The van der Waals surface area contributed by atoms with Crippen molar-refractivity contribution in [2.24, 2.45) is 5.73 Å². The van der Waals surface area contributed by atoms with Gasteiger partial charge >= 0.3 is 0 Å². The van der Waals surface area contributed by atoms with Crippen LogP contribution in [0.15, 0.2) is 24.3 Å². The fourth-order valence-electron chi connectivity index (χ4n) is 1.30. The molecule has 106 valence electrons. The van der Waals surface area contributed by atoms with E-state index in [0.29, 0.717) is 11.4 Å². The first-order valence-corrected chi connectivity index (χ1v) is 7.13. The van der Waals surface area contributed by atoms with Crippen molar-refractivity contribution in [2.75, 3.05) is 31.7 Å². The molecule has 0 atom stereocenters. The smallest absolute Gasteiger partial charge is 0.232 e. The molecule has 1 aromatic carbocycles. The number of hydrogen-bond acceptors (Lipinski definition) is 5. The lowest BCUT2D eigenvalue weighted by molar-refractivity contribution is -0.118. The molecule has 0 heterocycles. The van der Waals surface area contributed by atoms with Crippen molar-refractivity contribution in [3.8, 4) is 5.75 Å². The molecule has 19 heavy (non-hydrogen) atoms. The van der Waals surface area contributed by atoms with Gasteiger partial charge in [0.05, 0.1) is 12.3 Å². The van der Waals surface area contributed by atoms with E-state index in [9.17, 15) is 13.2 Å². The molecule has 4 N–H and O–H groups in total. The van der Waals surface area contributed by atoms with Gasteiger partial charge in [-0.1, -0.05) is 0 Å². The molecule has 0 fully saturated rings. The predicted octanol–water partition coefficient (Wildman–Crippen LogP) is -0.605. The molecular formula is C11H17N3O4S. The minimum absolute atomic E-state index is 0.0185. The summed E-state index contributed by atoms with van der Waals surface area (Å²) in [6, 6.07) is 6.61. The number of likely N-dealkylation sites (N-methyl/N-ethyl adjacent to an activating group) is 1. The molecule has 0 saturated carbocycles. The lowest BCUT2D eigenvalue weighted by atomic mass is 10.3. The number of nitrogen functional groups attached to an aromatic ring is 1. The van der Waals surface area contributed by atoms with E-state index in [0.717, 1.165) is 4.31 Å². The van der Waals surface area contributed by atoms with Crippen LogP contribution in [-0.4, -0.2) is 44.6 Å². The van der Waals surface area contributed by atoms with E-state index < -0.39 is 15.9 Å². The molecule has 8 heteroatoms. The van der Waals surface area contributed by atoms with Gasteiger partial charge in [-0.25, -0.2) is 8.42 Å². The Morgan fingerprint density at radius 3 is 2.42 bits per heavy atom. The minimum Gasteiger partial charge on any atom is -0.492 e. The van der Waals surface area contributed by atoms with Gasteiger partial charge in [0.1, 0.15) is 12.4 Å². The maximum Gasteiger partial charge on any atom is 0.232 e. The number of hydrogen-bond donors (Lipinski definition) is 2. The van der Waals surface area contributed by atoms with Gasteiger partial charge in [-0.3, -0.25) is 4.79 Å². The van der Waals surface area contributed by atoms with E-state index in [1.165, 1.54) is 7.05 Å². The van der Waals surface area contributed by atoms with Gasteiger partial charge in [-0.05, 0) is 24.3 Å². The SMILES string of the molecule is CN(CC(N)=O)S(=O)(=O)CCOc1ccc(N)cc1. The maximum absolute atomic E-state index is 11.7. The number of sulfonamides is 1. The van der Waals surface area contributed by atoms with Crippen molar-refractivity contribution in [1.82, 2.24) is 4.31 Å². The standard InChI is InChI=1S/C11H17N3O4S/c1-14(8-11(13)15)19(16,17)7-6-18-10-4-2-9(12)3-5-10/h2-5H,6-8,12H2,1H3,(H2,13,15). The Labute approximate surface area is 112 Å². The fraction of sp³-hybridized carbons (Fsp3) is 0.364. The summed E-state index contributed by atoms with van der Waals surface area (Å²) in [4.78, 5) is 10.7. The molecule has 7 nitrogen and oxygen atoms in total. The van der Waals surface area contributed by atoms with Crippen LogP contribution in [0.2, 0.25) is 0 Å². The Bertz CT molecular complexity index is 527. The summed E-state index contributed by atoms with van der Waals surface area (Å²) in [5.74, 6) is -0.409. The van der Waals surface area contributed by atoms with Gasteiger partial charge in [0.25, 0.3) is 0 Å². The molecule has 0 aliphatic rings. The van der Waals surface area contributed by atoms with Crippen molar-refractivity contribution >= 4 is 21.6 Å². The van der Waals surface area contributed by atoms with E-state index in [4.69, 9.17) is 16.2 Å². The van der Waals surface area contributed by atoms with Crippen molar-refractivity contribution in [2.45, 2.75) is 0 Å². The van der Waals surface area contributed by atoms with Crippen LogP contribution >= 0.6 is 0 Å². The summed E-state index contributed by atoms with van der Waals surface area (Å²) in [5.41, 5.74) is 11.0. The summed E-state index contributed by atoms with van der Waals surface area (Å²) in [7, 11) is -2.26. The van der Waals surface area contributed by atoms with Gasteiger partial charge in [-0.2, -0.15) is 4.31 Å². The lowest BCUT2D eigenvalue weighted by Crippen LogP contribution is -2.37. The van der Waals surface area contributed by atoms with Crippen molar-refractivity contribution < 1.29 is 17.9 Å². The number of benzene rings is 1. The van der Waals surface area contributed by atoms with Gasteiger partial charge in [-0.15, -0.1) is 0 Å². The third-order valence-electron chi connectivity index (χ3n) is 2.34. The van der Waals surface area contributed by atoms with Crippen LogP contribution in [0.4, 0.5) is 5.69 Å². The topological polar surface area (TPSA) is 116 Å². The Hall–Kier alpha value is -1.80. The molecule has 0 aliphatic carbocycles. The maximum atomic E-state index is 11.7. The average molecular weight is 287 g/mol. The molecule has 0 radical (unpaired) electrons. The Morgan fingerprint density at radius 2 is 1.89 bits per heavy atom. The fourth-order valence-corrected chi connectivity index (χ4v) is 2.23. The largest absolute Gasteiger partial charge is 0.492 e. The van der Waals surface area contributed by atoms with Crippen molar-refractivity contribution in [1.29, 1.82) is 0 Å². The zero-order valence-corrected chi connectivity index (χ0v) is 11.4. The molecule has 0 unspecified atom stereocenters. The minimum atomic E-state index is -3.55. The third kappa shape index (κ3) is 5.14. The first kappa shape index (κ1) is 15.3. The number of ether oxygens (including phenoxy) is 1. The molecular weight excluding hydrogens is 270 g/mol. The monoisotopic (exact) mass is 287 g/mol. The summed E-state index contributed by atoms with van der Waals surface area (Å²) >= 11 is 0. The second-order valence-electron chi connectivity index (χ2n) is 3.96. The van der Waals surface area contributed by atoms with E-state index in [1.807, 2.05) is 0 Å². The quantitative estimate of drug-likeness (QED) is 0.649. The highest BCUT2D eigenvalue weighted by Gasteiger charge is 2.19. The highest BCUT2D eigenvalue weighted by Crippen LogP contribution is 2.13. The summed E-state index contributed by atoms with van der Waals surface area (Å²) in [5, 5.41) is 0. The molecule has 0 bridgehead atoms. The molecule has 1 aromatic rings. The lowest BCUT2D eigenvalue weighted by Gasteiger charge is -2.15. The van der Waals surface area contributed by atoms with E-state index in [2.05, 4.69) is 0 Å². The average Bonchev–Trinajstić information content (AvgIpc) is 2.30. The number of nitrogens with two attached hydrogens (primary N) is 2. The Morgan fingerprint density at radius 1 is 1.32 bits per heavy atom. The number of amides is 1. The number of nitrogens with zero attached hydrogens (tertiary/aromatic N) is 1. The summed E-state index contributed by atoms with van der Waals surface area (Å²) in [6.07, 6.45) is 0. The zero-order chi connectivity index (χ0) is 14.5. The van der Waals surface area contributed by atoms with Crippen LogP contribution in [0.3, 0.4) is 0 Å². The first-order valence-electron chi connectivity index (χ1n) is 5.52. The van der Waals surface area contributed by atoms with Crippen molar-refractivity contribution in [3.05, 3.63) is 24.3 Å². The molecule has 0 aliphatic heterocycles. The second-order valence-corrected chi connectivity index (χ2v) is 6.15. The van der Waals surface area contributed by atoms with Crippen LogP contribution < -0.4 is 16.2 Å². The van der Waals surface area contributed by atoms with Crippen LogP contribution in [0.1, 0.15) is 0 Å². The number of primary amides is 1. The highest BCUT2D eigenvalue weighted by atomic mass is 32.2. The van der Waals surface area contributed by atoms with Crippen LogP contribution in [0, 0.1) is 0 Å². The Balaban J connectivity index is 2.47. The molecule has 1 amide bonds. The van der Waals surface area contributed by atoms with Gasteiger partial charge < -0.3 is 16.2 Å². The van der Waals surface area contributed by atoms with Crippen LogP contribution in [0.5, 0.6) is 5.75 Å². The molecule has 0 spiro atoms. The zero-order valence-electron chi connectivity index (χ0n) is 10.6. The van der Waals surface area contributed by atoms with Gasteiger partial charge in [0, 0.05) is 12.7 Å². The number of rotatable bonds is 7. The van der Waals surface area contributed by atoms with E-state index in [1.54, 1.807) is 24.3 Å². The number of anilines is 1. The normalized spacial score (nSPS) is 11.5. The second kappa shape index (κ2) is 6.39. The van der Waals surface area contributed by atoms with E-state index >= 15 is 0 Å². The van der Waals surface area contributed by atoms with Gasteiger partial charge in [0.2, 0.25) is 15.9 Å². The third-order valence-corrected chi connectivity index (χ3v) is 4.10.